The molecule has 4 nitrogen and oxygen atoms in total. The van der Waals surface area contributed by atoms with E-state index in [0.29, 0.717) is 5.75 Å². The number of rotatable bonds is 5. The Hall–Kier alpha value is -2.01. The van der Waals surface area contributed by atoms with Crippen LogP contribution in [0.15, 0.2) is 48.5 Å². The molecule has 0 radical (unpaired) electrons. The molecule has 0 aliphatic carbocycles. The Morgan fingerprint density at radius 3 is 2.53 bits per heavy atom. The van der Waals surface area contributed by atoms with Crippen molar-refractivity contribution >= 4 is 17.7 Å². The summed E-state index contributed by atoms with van der Waals surface area (Å²) in [5, 5.41) is 11.1. The van der Waals surface area contributed by atoms with Gasteiger partial charge in [-0.25, -0.2) is 0 Å². The summed E-state index contributed by atoms with van der Waals surface area (Å²) in [6, 6.07) is 14.5. The SMILES string of the molecule is CCSOc1c(-c2ccccc2)cccc1[N+](=O)[O-]. The number of nitrogens with zero attached hydrogens (tertiary/aromatic N) is 1. The van der Waals surface area contributed by atoms with Gasteiger partial charge in [0.15, 0.2) is 0 Å². The highest BCUT2D eigenvalue weighted by Gasteiger charge is 2.20. The van der Waals surface area contributed by atoms with Crippen LogP contribution in [-0.4, -0.2) is 10.7 Å². The number of hydrogen-bond donors (Lipinski definition) is 0. The Kier molecular flexibility index (Phi) is 4.41. The first kappa shape index (κ1) is 13.4. The molecule has 0 amide bonds. The van der Waals surface area contributed by atoms with Gasteiger partial charge in [0.2, 0.25) is 5.75 Å². The monoisotopic (exact) mass is 275 g/mol. The van der Waals surface area contributed by atoms with E-state index in [-0.39, 0.29) is 5.69 Å². The number of hydrogen-bond acceptors (Lipinski definition) is 4. The van der Waals surface area contributed by atoms with E-state index in [0.717, 1.165) is 16.9 Å². The Balaban J connectivity index is 2.53. The summed E-state index contributed by atoms with van der Waals surface area (Å²) in [6.07, 6.45) is 0. The van der Waals surface area contributed by atoms with Gasteiger partial charge in [-0.1, -0.05) is 49.4 Å². The first-order valence-corrected chi connectivity index (χ1v) is 6.77. The van der Waals surface area contributed by atoms with Crippen LogP contribution in [-0.2, 0) is 0 Å². The van der Waals surface area contributed by atoms with Crippen LogP contribution in [0, 0.1) is 10.1 Å². The molecule has 2 aromatic rings. The predicted octanol–water partition coefficient (Wildman–Crippen LogP) is 4.31. The molecule has 0 atom stereocenters. The van der Waals surface area contributed by atoms with E-state index < -0.39 is 4.92 Å². The maximum atomic E-state index is 11.1. The summed E-state index contributed by atoms with van der Waals surface area (Å²) in [7, 11) is 0. The van der Waals surface area contributed by atoms with Crippen LogP contribution in [0.2, 0.25) is 0 Å². The summed E-state index contributed by atoms with van der Waals surface area (Å²) < 4.78 is 5.51. The molecule has 0 N–H and O–H groups in total. The third kappa shape index (κ3) is 3.06. The molecule has 19 heavy (non-hydrogen) atoms. The lowest BCUT2D eigenvalue weighted by Gasteiger charge is -2.09. The van der Waals surface area contributed by atoms with Gasteiger partial charge in [-0.05, 0) is 5.56 Å². The molecule has 0 aromatic heterocycles. The van der Waals surface area contributed by atoms with E-state index in [4.69, 9.17) is 4.18 Å². The van der Waals surface area contributed by atoms with Gasteiger partial charge in [0.05, 0.1) is 17.0 Å². The quantitative estimate of drug-likeness (QED) is 0.463. The van der Waals surface area contributed by atoms with E-state index in [2.05, 4.69) is 0 Å². The number of para-hydroxylation sites is 1. The number of nitro groups is 1. The Labute approximate surface area is 115 Å². The topological polar surface area (TPSA) is 52.4 Å². The van der Waals surface area contributed by atoms with E-state index in [1.54, 1.807) is 6.07 Å². The maximum absolute atomic E-state index is 11.1. The van der Waals surface area contributed by atoms with Gasteiger partial charge in [0.25, 0.3) is 0 Å². The number of benzene rings is 2. The van der Waals surface area contributed by atoms with Crippen molar-refractivity contribution in [1.29, 1.82) is 0 Å². The van der Waals surface area contributed by atoms with Crippen molar-refractivity contribution in [2.75, 3.05) is 5.75 Å². The second kappa shape index (κ2) is 6.24. The average Bonchev–Trinajstić information content (AvgIpc) is 2.45. The molecule has 2 aromatic carbocycles. The normalized spacial score (nSPS) is 10.2. The molecule has 0 bridgehead atoms. The standard InChI is InChI=1S/C14H13NO3S/c1-2-19-18-14-12(11-7-4-3-5-8-11)9-6-10-13(14)15(16)17/h3-10H,2H2,1H3. The zero-order chi connectivity index (χ0) is 13.7. The van der Waals surface area contributed by atoms with Gasteiger partial charge in [-0.15, -0.1) is 0 Å². The zero-order valence-corrected chi connectivity index (χ0v) is 11.2. The molecular formula is C14H13NO3S. The van der Waals surface area contributed by atoms with Crippen LogP contribution in [0.5, 0.6) is 5.75 Å². The van der Waals surface area contributed by atoms with Crippen molar-refractivity contribution in [1.82, 2.24) is 0 Å². The van der Waals surface area contributed by atoms with Crippen LogP contribution in [0.4, 0.5) is 5.69 Å². The molecule has 0 unspecified atom stereocenters. The Bertz CT molecular complexity index is 572. The fourth-order valence-corrected chi connectivity index (χ4v) is 2.13. The van der Waals surface area contributed by atoms with E-state index in [1.807, 2.05) is 43.3 Å². The summed E-state index contributed by atoms with van der Waals surface area (Å²) in [6.45, 7) is 1.93. The molecule has 0 aliphatic rings. The largest absolute Gasteiger partial charge is 0.418 e. The lowest BCUT2D eigenvalue weighted by atomic mass is 10.0. The summed E-state index contributed by atoms with van der Waals surface area (Å²) in [5.41, 5.74) is 1.62. The van der Waals surface area contributed by atoms with Crippen molar-refractivity contribution in [2.45, 2.75) is 6.92 Å². The first-order chi connectivity index (χ1) is 9.24. The lowest BCUT2D eigenvalue weighted by molar-refractivity contribution is -0.385. The lowest BCUT2D eigenvalue weighted by Crippen LogP contribution is -1.95. The predicted molar refractivity (Wildman–Crippen MR) is 77.3 cm³/mol. The van der Waals surface area contributed by atoms with Gasteiger partial charge < -0.3 is 4.18 Å². The van der Waals surface area contributed by atoms with Gasteiger partial charge in [-0.2, -0.15) is 0 Å². The highest BCUT2D eigenvalue weighted by molar-refractivity contribution is 7.94. The van der Waals surface area contributed by atoms with Crippen molar-refractivity contribution in [3.63, 3.8) is 0 Å². The molecule has 0 spiro atoms. The Morgan fingerprint density at radius 2 is 1.89 bits per heavy atom. The van der Waals surface area contributed by atoms with Crippen LogP contribution in [0.3, 0.4) is 0 Å². The fraction of sp³-hybridized carbons (Fsp3) is 0.143. The van der Waals surface area contributed by atoms with Crippen molar-refractivity contribution in [3.8, 4) is 16.9 Å². The molecule has 0 aliphatic heterocycles. The smallest absolute Gasteiger partial charge is 0.313 e. The number of nitro benzene ring substituents is 1. The molecule has 98 valence electrons. The second-order valence-electron chi connectivity index (χ2n) is 3.77. The molecular weight excluding hydrogens is 262 g/mol. The highest BCUT2D eigenvalue weighted by Crippen LogP contribution is 2.39. The van der Waals surface area contributed by atoms with E-state index >= 15 is 0 Å². The minimum atomic E-state index is -0.419. The molecule has 0 saturated heterocycles. The third-order valence-corrected chi connectivity index (χ3v) is 3.06. The maximum Gasteiger partial charge on any atom is 0.313 e. The van der Waals surface area contributed by atoms with E-state index in [9.17, 15) is 10.1 Å². The van der Waals surface area contributed by atoms with Gasteiger partial charge in [0, 0.05) is 17.4 Å². The fourth-order valence-electron chi connectivity index (χ4n) is 1.72. The summed E-state index contributed by atoms with van der Waals surface area (Å²) in [5.74, 6) is 1.03. The molecule has 0 fully saturated rings. The highest BCUT2D eigenvalue weighted by atomic mass is 32.2. The van der Waals surface area contributed by atoms with Crippen molar-refractivity contribution < 1.29 is 9.11 Å². The summed E-state index contributed by atoms with van der Waals surface area (Å²) in [4.78, 5) is 10.7. The average molecular weight is 275 g/mol. The summed E-state index contributed by atoms with van der Waals surface area (Å²) >= 11 is 1.20. The molecule has 5 heteroatoms. The molecule has 0 saturated carbocycles. The van der Waals surface area contributed by atoms with Crippen LogP contribution in [0.1, 0.15) is 6.92 Å². The van der Waals surface area contributed by atoms with Gasteiger partial charge in [0.1, 0.15) is 0 Å². The third-order valence-electron chi connectivity index (χ3n) is 2.54. The van der Waals surface area contributed by atoms with Crippen LogP contribution in [0.25, 0.3) is 11.1 Å². The van der Waals surface area contributed by atoms with Crippen molar-refractivity contribution in [3.05, 3.63) is 58.6 Å². The van der Waals surface area contributed by atoms with E-state index in [1.165, 1.54) is 18.1 Å². The molecule has 0 heterocycles. The minimum Gasteiger partial charge on any atom is -0.418 e. The van der Waals surface area contributed by atoms with Gasteiger partial charge >= 0.3 is 5.69 Å². The Morgan fingerprint density at radius 1 is 1.16 bits per heavy atom. The van der Waals surface area contributed by atoms with Crippen molar-refractivity contribution in [2.24, 2.45) is 0 Å². The second-order valence-corrected chi connectivity index (χ2v) is 4.75. The van der Waals surface area contributed by atoms with Crippen LogP contribution < -0.4 is 4.18 Å². The van der Waals surface area contributed by atoms with Gasteiger partial charge in [-0.3, -0.25) is 10.1 Å². The first-order valence-electron chi connectivity index (χ1n) is 5.86. The van der Waals surface area contributed by atoms with Crippen LogP contribution >= 0.6 is 12.0 Å². The molecule has 2 rings (SSSR count). The minimum absolute atomic E-state index is 0.0118. The zero-order valence-electron chi connectivity index (χ0n) is 10.4.